The molecule has 1 heterocycles. The van der Waals surface area contributed by atoms with Gasteiger partial charge >= 0.3 is 0 Å². The summed E-state index contributed by atoms with van der Waals surface area (Å²) in [6, 6.07) is 3.94. The molecule has 0 aliphatic heterocycles. The SMILES string of the molecule is CCC(N)CSCc1ccc(Cl)o1. The van der Waals surface area contributed by atoms with E-state index in [1.807, 2.05) is 6.07 Å². The van der Waals surface area contributed by atoms with Crippen molar-refractivity contribution in [3.63, 3.8) is 0 Å². The highest BCUT2D eigenvalue weighted by Gasteiger charge is 2.02. The molecule has 0 saturated heterocycles. The monoisotopic (exact) mass is 219 g/mol. The van der Waals surface area contributed by atoms with Gasteiger partial charge in [0.2, 0.25) is 0 Å². The van der Waals surface area contributed by atoms with Gasteiger partial charge in [-0.15, -0.1) is 0 Å². The lowest BCUT2D eigenvalue weighted by molar-refractivity contribution is 0.532. The van der Waals surface area contributed by atoms with Crippen molar-refractivity contribution >= 4 is 23.4 Å². The maximum atomic E-state index is 5.76. The fourth-order valence-corrected chi connectivity index (χ4v) is 2.03. The zero-order chi connectivity index (χ0) is 9.68. The van der Waals surface area contributed by atoms with Crippen LogP contribution in [0.15, 0.2) is 16.5 Å². The number of nitrogens with two attached hydrogens (primary N) is 1. The van der Waals surface area contributed by atoms with Gasteiger partial charge in [-0.3, -0.25) is 0 Å². The Kier molecular flexibility index (Phi) is 4.70. The van der Waals surface area contributed by atoms with Gasteiger partial charge < -0.3 is 10.2 Å². The van der Waals surface area contributed by atoms with E-state index in [9.17, 15) is 0 Å². The first kappa shape index (κ1) is 11.0. The molecule has 0 spiro atoms. The predicted molar refractivity (Wildman–Crippen MR) is 58.1 cm³/mol. The lowest BCUT2D eigenvalue weighted by Gasteiger charge is -2.06. The van der Waals surface area contributed by atoms with E-state index >= 15 is 0 Å². The number of thioether (sulfide) groups is 1. The minimum Gasteiger partial charge on any atom is -0.449 e. The van der Waals surface area contributed by atoms with Crippen molar-refractivity contribution in [3.8, 4) is 0 Å². The highest BCUT2D eigenvalue weighted by molar-refractivity contribution is 7.98. The predicted octanol–water partition coefficient (Wildman–Crippen LogP) is 2.90. The second kappa shape index (κ2) is 5.58. The fourth-order valence-electron chi connectivity index (χ4n) is 0.858. The molecule has 1 aromatic rings. The molecule has 1 atom stereocenters. The van der Waals surface area contributed by atoms with Gasteiger partial charge in [0.25, 0.3) is 0 Å². The lowest BCUT2D eigenvalue weighted by Crippen LogP contribution is -2.21. The first-order valence-corrected chi connectivity index (χ1v) is 5.83. The van der Waals surface area contributed by atoms with Gasteiger partial charge in [-0.2, -0.15) is 11.8 Å². The average molecular weight is 220 g/mol. The number of hydrogen-bond acceptors (Lipinski definition) is 3. The largest absolute Gasteiger partial charge is 0.449 e. The Balaban J connectivity index is 2.20. The third-order valence-electron chi connectivity index (χ3n) is 1.73. The summed E-state index contributed by atoms with van der Waals surface area (Å²) in [7, 11) is 0. The van der Waals surface area contributed by atoms with Gasteiger partial charge in [0, 0.05) is 11.8 Å². The van der Waals surface area contributed by atoms with Crippen molar-refractivity contribution in [2.45, 2.75) is 25.1 Å². The van der Waals surface area contributed by atoms with Gasteiger partial charge in [-0.25, -0.2) is 0 Å². The van der Waals surface area contributed by atoms with Crippen LogP contribution in [0.2, 0.25) is 5.22 Å². The first-order chi connectivity index (χ1) is 6.22. The van der Waals surface area contributed by atoms with Gasteiger partial charge in [-0.1, -0.05) is 6.92 Å². The van der Waals surface area contributed by atoms with Crippen LogP contribution in [0.1, 0.15) is 19.1 Å². The standard InChI is InChI=1S/C9H14ClNOS/c1-2-7(11)5-13-6-8-3-4-9(10)12-8/h3-4,7H,2,5-6,11H2,1H3. The summed E-state index contributed by atoms with van der Waals surface area (Å²) >= 11 is 7.40. The Hall–Kier alpha value is -0.120. The zero-order valence-electron chi connectivity index (χ0n) is 7.63. The molecule has 0 aliphatic carbocycles. The summed E-state index contributed by atoms with van der Waals surface area (Å²) in [4.78, 5) is 0. The summed E-state index contributed by atoms with van der Waals surface area (Å²) in [6.07, 6.45) is 1.02. The Bertz CT molecular complexity index is 252. The minimum atomic E-state index is 0.287. The van der Waals surface area contributed by atoms with Crippen molar-refractivity contribution in [2.75, 3.05) is 5.75 Å². The molecule has 4 heteroatoms. The van der Waals surface area contributed by atoms with E-state index in [0.717, 1.165) is 23.7 Å². The smallest absolute Gasteiger partial charge is 0.193 e. The highest BCUT2D eigenvalue weighted by Crippen LogP contribution is 2.18. The van der Waals surface area contributed by atoms with E-state index in [0.29, 0.717) is 5.22 Å². The molecule has 74 valence electrons. The molecule has 2 N–H and O–H groups in total. The summed E-state index contributed by atoms with van der Waals surface area (Å²) in [6.45, 7) is 2.09. The topological polar surface area (TPSA) is 39.2 Å². The summed E-state index contributed by atoms with van der Waals surface area (Å²) in [5.74, 6) is 2.73. The van der Waals surface area contributed by atoms with Crippen LogP contribution in [0.5, 0.6) is 0 Å². The van der Waals surface area contributed by atoms with E-state index in [1.165, 1.54) is 0 Å². The minimum absolute atomic E-state index is 0.287. The van der Waals surface area contributed by atoms with E-state index in [-0.39, 0.29) is 6.04 Å². The van der Waals surface area contributed by atoms with E-state index in [2.05, 4.69) is 6.92 Å². The van der Waals surface area contributed by atoms with Crippen LogP contribution < -0.4 is 5.73 Å². The third-order valence-corrected chi connectivity index (χ3v) is 3.09. The average Bonchev–Trinajstić information content (AvgIpc) is 2.51. The zero-order valence-corrected chi connectivity index (χ0v) is 9.20. The second-order valence-corrected chi connectivity index (χ2v) is 4.29. The molecule has 0 amide bonds. The van der Waals surface area contributed by atoms with Crippen LogP contribution in [0.3, 0.4) is 0 Å². The molecule has 2 nitrogen and oxygen atoms in total. The number of rotatable bonds is 5. The fraction of sp³-hybridized carbons (Fsp3) is 0.556. The number of halogens is 1. The van der Waals surface area contributed by atoms with Crippen molar-refractivity contribution in [1.82, 2.24) is 0 Å². The molecule has 0 aliphatic rings. The lowest BCUT2D eigenvalue weighted by atomic mass is 10.3. The van der Waals surface area contributed by atoms with Crippen LogP contribution in [-0.2, 0) is 5.75 Å². The molecule has 1 rings (SSSR count). The van der Waals surface area contributed by atoms with E-state index in [1.54, 1.807) is 17.8 Å². The summed E-state index contributed by atoms with van der Waals surface area (Å²) in [5, 5.41) is 0.454. The van der Waals surface area contributed by atoms with Gasteiger partial charge in [0.05, 0.1) is 5.75 Å². The Labute approximate surface area is 87.8 Å². The van der Waals surface area contributed by atoms with Crippen molar-refractivity contribution in [1.29, 1.82) is 0 Å². The molecule has 13 heavy (non-hydrogen) atoms. The van der Waals surface area contributed by atoms with Crippen LogP contribution >= 0.6 is 23.4 Å². The molecule has 0 bridgehead atoms. The second-order valence-electron chi connectivity index (χ2n) is 2.89. The van der Waals surface area contributed by atoms with Crippen LogP contribution in [0.25, 0.3) is 0 Å². The Morgan fingerprint density at radius 3 is 2.92 bits per heavy atom. The molecule has 0 saturated carbocycles. The van der Waals surface area contributed by atoms with E-state index in [4.69, 9.17) is 21.8 Å². The molecule has 0 radical (unpaired) electrons. The van der Waals surface area contributed by atoms with Crippen LogP contribution in [0.4, 0.5) is 0 Å². The number of furan rings is 1. The quantitative estimate of drug-likeness (QED) is 0.828. The van der Waals surface area contributed by atoms with Crippen molar-refractivity contribution < 1.29 is 4.42 Å². The molecular weight excluding hydrogens is 206 g/mol. The van der Waals surface area contributed by atoms with Crippen LogP contribution in [-0.4, -0.2) is 11.8 Å². The third kappa shape index (κ3) is 4.07. The van der Waals surface area contributed by atoms with Gasteiger partial charge in [0.15, 0.2) is 5.22 Å². The molecule has 0 fully saturated rings. The normalized spacial score (nSPS) is 13.2. The molecule has 0 aromatic carbocycles. The van der Waals surface area contributed by atoms with Crippen molar-refractivity contribution in [3.05, 3.63) is 23.1 Å². The Morgan fingerprint density at radius 1 is 1.62 bits per heavy atom. The highest BCUT2D eigenvalue weighted by atomic mass is 35.5. The van der Waals surface area contributed by atoms with E-state index < -0.39 is 0 Å². The maximum Gasteiger partial charge on any atom is 0.193 e. The molecular formula is C9H14ClNOS. The van der Waals surface area contributed by atoms with Crippen molar-refractivity contribution in [2.24, 2.45) is 5.73 Å². The number of hydrogen-bond donors (Lipinski definition) is 1. The van der Waals surface area contributed by atoms with Crippen LogP contribution in [0, 0.1) is 0 Å². The summed E-state index contributed by atoms with van der Waals surface area (Å²) in [5.41, 5.74) is 5.76. The first-order valence-electron chi connectivity index (χ1n) is 4.30. The molecule has 1 unspecified atom stereocenters. The summed E-state index contributed by atoms with van der Waals surface area (Å²) < 4.78 is 5.20. The van der Waals surface area contributed by atoms with Gasteiger partial charge in [0.1, 0.15) is 5.76 Å². The Morgan fingerprint density at radius 2 is 2.38 bits per heavy atom. The van der Waals surface area contributed by atoms with Gasteiger partial charge in [-0.05, 0) is 30.2 Å². The maximum absolute atomic E-state index is 5.76. The molecule has 1 aromatic heterocycles.